The molecule has 1 atom stereocenters. The first kappa shape index (κ1) is 26.2. The van der Waals surface area contributed by atoms with Gasteiger partial charge in [0.2, 0.25) is 5.91 Å². The Balaban J connectivity index is 1.26. The number of hydrogen-bond donors (Lipinski definition) is 0. The Hall–Kier alpha value is -3.37. The van der Waals surface area contributed by atoms with Gasteiger partial charge in [-0.25, -0.2) is 0 Å². The number of piperidine rings is 1. The van der Waals surface area contributed by atoms with E-state index in [-0.39, 0.29) is 11.8 Å². The summed E-state index contributed by atoms with van der Waals surface area (Å²) in [5.74, 6) is 0.911. The summed E-state index contributed by atoms with van der Waals surface area (Å²) in [7, 11) is 0. The lowest BCUT2D eigenvalue weighted by atomic mass is 9.83. The molecule has 0 N–H and O–H groups in total. The summed E-state index contributed by atoms with van der Waals surface area (Å²) in [6.07, 6.45) is 2.62. The highest BCUT2D eigenvalue weighted by atomic mass is 16.2. The number of likely N-dealkylation sites (tertiary alicyclic amines) is 1. The number of rotatable bonds is 8. The zero-order valence-electron chi connectivity index (χ0n) is 22.7. The minimum absolute atomic E-state index is 0.0873. The number of nitrogens with zero attached hydrogens (tertiary/aromatic N) is 3. The molecule has 0 radical (unpaired) electrons. The molecule has 3 aromatic rings. The van der Waals surface area contributed by atoms with Gasteiger partial charge in [0.25, 0.3) is 0 Å². The van der Waals surface area contributed by atoms with Crippen LogP contribution in [0.2, 0.25) is 0 Å². The van der Waals surface area contributed by atoms with Crippen molar-refractivity contribution in [2.24, 2.45) is 5.92 Å². The van der Waals surface area contributed by atoms with Gasteiger partial charge in [-0.05, 0) is 42.4 Å². The average molecular weight is 508 g/mol. The molecular formula is C34H41N3O. The van der Waals surface area contributed by atoms with Crippen LogP contribution in [0.15, 0.2) is 103 Å². The lowest BCUT2D eigenvalue weighted by Gasteiger charge is -2.45. The highest BCUT2D eigenvalue weighted by Crippen LogP contribution is 2.37. The van der Waals surface area contributed by atoms with Crippen molar-refractivity contribution in [3.8, 4) is 0 Å². The Labute approximate surface area is 228 Å². The molecule has 2 fully saturated rings. The van der Waals surface area contributed by atoms with Gasteiger partial charge in [-0.3, -0.25) is 9.69 Å². The lowest BCUT2D eigenvalue weighted by Crippen LogP contribution is -2.50. The van der Waals surface area contributed by atoms with Crippen LogP contribution in [0.4, 0.5) is 0 Å². The van der Waals surface area contributed by atoms with Crippen molar-refractivity contribution in [3.05, 3.63) is 120 Å². The maximum absolute atomic E-state index is 13.6. The molecule has 2 aliphatic heterocycles. The van der Waals surface area contributed by atoms with Gasteiger partial charge in [-0.2, -0.15) is 0 Å². The Morgan fingerprint density at radius 1 is 0.711 bits per heavy atom. The van der Waals surface area contributed by atoms with Crippen LogP contribution >= 0.6 is 0 Å². The summed E-state index contributed by atoms with van der Waals surface area (Å²) in [4.78, 5) is 20.8. The predicted octanol–water partition coefficient (Wildman–Crippen LogP) is 6.34. The first-order valence-corrected chi connectivity index (χ1v) is 14.2. The highest BCUT2D eigenvalue weighted by Gasteiger charge is 2.35. The summed E-state index contributed by atoms with van der Waals surface area (Å²) in [5.41, 5.74) is 4.99. The maximum atomic E-state index is 13.6. The second-order valence-corrected chi connectivity index (χ2v) is 10.9. The van der Waals surface area contributed by atoms with Gasteiger partial charge < -0.3 is 9.80 Å². The quantitative estimate of drug-likeness (QED) is 0.356. The third-order valence-electron chi connectivity index (χ3n) is 8.51. The van der Waals surface area contributed by atoms with Gasteiger partial charge >= 0.3 is 0 Å². The van der Waals surface area contributed by atoms with Crippen molar-refractivity contribution in [1.29, 1.82) is 0 Å². The molecular weight excluding hydrogens is 466 g/mol. The van der Waals surface area contributed by atoms with Gasteiger partial charge in [0, 0.05) is 63.3 Å². The number of hydrogen-bond acceptors (Lipinski definition) is 3. The van der Waals surface area contributed by atoms with E-state index in [2.05, 4.69) is 107 Å². The monoisotopic (exact) mass is 507 g/mol. The van der Waals surface area contributed by atoms with Crippen molar-refractivity contribution in [1.82, 2.24) is 14.7 Å². The SMILES string of the molecule is C=C(C)N1CCN(C(c2ccccc2)C2CCN(C(=O)CC(c3ccccc3)c3ccccc3)CC2)CC1. The molecule has 4 nitrogen and oxygen atoms in total. The molecule has 0 aliphatic carbocycles. The maximum Gasteiger partial charge on any atom is 0.223 e. The van der Waals surface area contributed by atoms with Crippen molar-refractivity contribution in [2.75, 3.05) is 39.3 Å². The number of amides is 1. The van der Waals surface area contributed by atoms with E-state index in [1.54, 1.807) is 0 Å². The van der Waals surface area contributed by atoms with Crippen LogP contribution in [-0.2, 0) is 4.79 Å². The summed E-state index contributed by atoms with van der Waals surface area (Å²) in [6, 6.07) is 32.4. The molecule has 0 spiro atoms. The zero-order valence-corrected chi connectivity index (χ0v) is 22.7. The van der Waals surface area contributed by atoms with E-state index in [0.29, 0.717) is 18.4 Å². The molecule has 5 rings (SSSR count). The third kappa shape index (κ3) is 6.19. The molecule has 0 aromatic heterocycles. The van der Waals surface area contributed by atoms with Crippen molar-refractivity contribution < 1.29 is 4.79 Å². The Kier molecular flexibility index (Phi) is 8.60. The topological polar surface area (TPSA) is 26.8 Å². The number of piperazine rings is 1. The first-order valence-electron chi connectivity index (χ1n) is 14.2. The van der Waals surface area contributed by atoms with Crippen LogP contribution in [0.25, 0.3) is 0 Å². The normalized spacial score (nSPS) is 17.9. The highest BCUT2D eigenvalue weighted by molar-refractivity contribution is 5.78. The Morgan fingerprint density at radius 3 is 1.66 bits per heavy atom. The van der Waals surface area contributed by atoms with Crippen LogP contribution in [0.3, 0.4) is 0 Å². The van der Waals surface area contributed by atoms with Gasteiger partial charge in [-0.1, -0.05) is 97.6 Å². The number of benzene rings is 3. The van der Waals surface area contributed by atoms with E-state index in [9.17, 15) is 4.79 Å². The molecule has 0 bridgehead atoms. The second-order valence-electron chi connectivity index (χ2n) is 10.9. The van der Waals surface area contributed by atoms with E-state index in [0.717, 1.165) is 57.8 Å². The predicted molar refractivity (Wildman–Crippen MR) is 156 cm³/mol. The molecule has 2 saturated heterocycles. The number of carbonyl (C=O) groups is 1. The molecule has 1 unspecified atom stereocenters. The fourth-order valence-corrected chi connectivity index (χ4v) is 6.38. The molecule has 4 heteroatoms. The smallest absolute Gasteiger partial charge is 0.223 e. The fraction of sp³-hybridized carbons (Fsp3) is 0.382. The van der Waals surface area contributed by atoms with Crippen molar-refractivity contribution >= 4 is 5.91 Å². The van der Waals surface area contributed by atoms with E-state index < -0.39 is 0 Å². The molecule has 38 heavy (non-hydrogen) atoms. The van der Waals surface area contributed by atoms with E-state index in [1.807, 2.05) is 12.1 Å². The standard InChI is InChI=1S/C34H41N3O/c1-27(2)35-22-24-37(25-23-35)34(30-16-10-5-11-17-30)31-18-20-36(21-19-31)33(38)26-32(28-12-6-3-7-13-28)29-14-8-4-9-15-29/h3-17,31-32,34H,1,18-26H2,2H3. The van der Waals surface area contributed by atoms with Crippen molar-refractivity contribution in [2.45, 2.75) is 38.1 Å². The molecule has 3 aromatic carbocycles. The Morgan fingerprint density at radius 2 is 1.18 bits per heavy atom. The van der Waals surface area contributed by atoms with Crippen LogP contribution in [-0.4, -0.2) is 59.9 Å². The van der Waals surface area contributed by atoms with Crippen molar-refractivity contribution in [3.63, 3.8) is 0 Å². The van der Waals surface area contributed by atoms with Gasteiger partial charge in [-0.15, -0.1) is 0 Å². The second kappa shape index (κ2) is 12.4. The number of carbonyl (C=O) groups excluding carboxylic acids is 1. The summed E-state index contributed by atoms with van der Waals surface area (Å²) >= 11 is 0. The lowest BCUT2D eigenvalue weighted by molar-refractivity contribution is -0.133. The summed E-state index contributed by atoms with van der Waals surface area (Å²) in [6.45, 7) is 12.1. The van der Waals surface area contributed by atoms with E-state index >= 15 is 0 Å². The minimum atomic E-state index is 0.0873. The van der Waals surface area contributed by atoms with Gasteiger partial charge in [0.05, 0.1) is 0 Å². The van der Waals surface area contributed by atoms with E-state index in [1.165, 1.54) is 16.7 Å². The Bertz CT molecular complexity index is 1120. The average Bonchev–Trinajstić information content (AvgIpc) is 2.98. The summed E-state index contributed by atoms with van der Waals surface area (Å²) < 4.78 is 0. The molecule has 2 aliphatic rings. The van der Waals surface area contributed by atoms with E-state index in [4.69, 9.17) is 0 Å². The van der Waals surface area contributed by atoms with Crippen LogP contribution in [0.1, 0.15) is 54.8 Å². The van der Waals surface area contributed by atoms with Gasteiger partial charge in [0.15, 0.2) is 0 Å². The zero-order chi connectivity index (χ0) is 26.3. The third-order valence-corrected chi connectivity index (χ3v) is 8.51. The van der Waals surface area contributed by atoms with Gasteiger partial charge in [0.1, 0.15) is 0 Å². The van der Waals surface area contributed by atoms with Crippen LogP contribution in [0, 0.1) is 5.92 Å². The fourth-order valence-electron chi connectivity index (χ4n) is 6.38. The molecule has 198 valence electrons. The van der Waals surface area contributed by atoms with Crippen LogP contribution in [0.5, 0.6) is 0 Å². The molecule has 2 heterocycles. The largest absolute Gasteiger partial charge is 0.373 e. The minimum Gasteiger partial charge on any atom is -0.373 e. The molecule has 1 amide bonds. The molecule has 0 saturated carbocycles. The van der Waals surface area contributed by atoms with Crippen LogP contribution < -0.4 is 0 Å². The number of allylic oxidation sites excluding steroid dienone is 1. The summed E-state index contributed by atoms with van der Waals surface area (Å²) in [5, 5.41) is 0. The first-order chi connectivity index (χ1) is 18.6.